The van der Waals surface area contributed by atoms with Crippen molar-refractivity contribution in [3.05, 3.63) is 63.5 Å². The fraction of sp³-hybridized carbons (Fsp3) is 0.143. The van der Waals surface area contributed by atoms with E-state index in [2.05, 4.69) is 4.98 Å². The van der Waals surface area contributed by atoms with Crippen molar-refractivity contribution in [3.63, 3.8) is 0 Å². The van der Waals surface area contributed by atoms with Crippen LogP contribution in [0.4, 0.5) is 5.69 Å². The lowest BCUT2D eigenvalue weighted by molar-refractivity contribution is -0.386. The number of ether oxygens (including phenoxy) is 1. The molecule has 6 nitrogen and oxygen atoms in total. The Labute approximate surface area is 115 Å². The third-order valence-corrected chi connectivity index (χ3v) is 2.61. The molecule has 0 radical (unpaired) electrons. The largest absolute Gasteiger partial charge is 0.482 e. The number of rotatable bonds is 4. The van der Waals surface area contributed by atoms with E-state index >= 15 is 0 Å². The molecule has 0 saturated carbocycles. The van der Waals surface area contributed by atoms with Crippen LogP contribution in [0.2, 0.25) is 0 Å². The van der Waals surface area contributed by atoms with Gasteiger partial charge < -0.3 is 4.74 Å². The van der Waals surface area contributed by atoms with Gasteiger partial charge in [0.25, 0.3) is 0 Å². The van der Waals surface area contributed by atoms with Gasteiger partial charge in [0.05, 0.1) is 16.6 Å². The van der Waals surface area contributed by atoms with Crippen molar-refractivity contribution in [2.24, 2.45) is 0 Å². The van der Waals surface area contributed by atoms with Crippen LogP contribution in [0.3, 0.4) is 0 Å². The van der Waals surface area contributed by atoms with Crippen LogP contribution in [-0.4, -0.2) is 9.91 Å². The van der Waals surface area contributed by atoms with Crippen molar-refractivity contribution in [2.45, 2.75) is 13.5 Å². The van der Waals surface area contributed by atoms with Gasteiger partial charge in [0.15, 0.2) is 5.75 Å². The number of nitro benzene ring substituents is 1. The van der Waals surface area contributed by atoms with Gasteiger partial charge >= 0.3 is 5.69 Å². The van der Waals surface area contributed by atoms with Gasteiger partial charge in [0, 0.05) is 24.0 Å². The molecule has 1 aromatic heterocycles. The molecule has 0 aliphatic carbocycles. The molecule has 0 atom stereocenters. The predicted octanol–water partition coefficient (Wildman–Crippen LogP) is 2.75. The molecule has 20 heavy (non-hydrogen) atoms. The smallest absolute Gasteiger partial charge is 0.312 e. The van der Waals surface area contributed by atoms with E-state index in [9.17, 15) is 10.1 Å². The van der Waals surface area contributed by atoms with Crippen LogP contribution < -0.4 is 4.74 Å². The molecule has 0 aliphatic heterocycles. The second-order valence-corrected chi connectivity index (χ2v) is 4.21. The fourth-order valence-corrected chi connectivity index (χ4v) is 1.71. The fourth-order valence-electron chi connectivity index (χ4n) is 1.71. The summed E-state index contributed by atoms with van der Waals surface area (Å²) < 4.78 is 5.45. The van der Waals surface area contributed by atoms with Gasteiger partial charge in [-0.05, 0) is 30.7 Å². The zero-order valence-corrected chi connectivity index (χ0v) is 10.7. The van der Waals surface area contributed by atoms with E-state index in [1.54, 1.807) is 12.4 Å². The van der Waals surface area contributed by atoms with Gasteiger partial charge in [-0.25, -0.2) is 0 Å². The minimum absolute atomic E-state index is 0.135. The minimum atomic E-state index is -0.565. The SMILES string of the molecule is Cc1cncc(COc2ccc(C#N)cc2[N+](=O)[O-])c1. The molecular formula is C14H11N3O3. The quantitative estimate of drug-likeness (QED) is 0.628. The van der Waals surface area contributed by atoms with E-state index < -0.39 is 4.92 Å². The lowest BCUT2D eigenvalue weighted by Gasteiger charge is -2.07. The highest BCUT2D eigenvalue weighted by Gasteiger charge is 2.16. The summed E-state index contributed by atoms with van der Waals surface area (Å²) in [7, 11) is 0. The highest BCUT2D eigenvalue weighted by atomic mass is 16.6. The lowest BCUT2D eigenvalue weighted by Crippen LogP contribution is -2.00. The summed E-state index contributed by atoms with van der Waals surface area (Å²) >= 11 is 0. The molecule has 1 heterocycles. The Morgan fingerprint density at radius 3 is 2.85 bits per heavy atom. The zero-order chi connectivity index (χ0) is 14.5. The van der Waals surface area contributed by atoms with E-state index in [1.165, 1.54) is 18.2 Å². The number of aromatic nitrogens is 1. The van der Waals surface area contributed by atoms with Gasteiger partial charge in [0.1, 0.15) is 6.61 Å². The molecule has 0 unspecified atom stereocenters. The van der Waals surface area contributed by atoms with Crippen molar-refractivity contribution >= 4 is 5.69 Å². The van der Waals surface area contributed by atoms with E-state index in [1.807, 2.05) is 19.1 Å². The van der Waals surface area contributed by atoms with Crippen LogP contribution in [0.15, 0.2) is 36.7 Å². The third-order valence-electron chi connectivity index (χ3n) is 2.61. The lowest BCUT2D eigenvalue weighted by atomic mass is 10.2. The summed E-state index contributed by atoms with van der Waals surface area (Å²) in [6.07, 6.45) is 3.36. The number of aryl methyl sites for hydroxylation is 1. The molecule has 1 aromatic carbocycles. The Hall–Kier alpha value is -2.94. The summed E-state index contributed by atoms with van der Waals surface area (Å²) in [5, 5.41) is 19.7. The zero-order valence-electron chi connectivity index (χ0n) is 10.7. The van der Waals surface area contributed by atoms with Crippen LogP contribution in [-0.2, 0) is 6.61 Å². The number of nitriles is 1. The standard InChI is InChI=1S/C14H11N3O3/c1-10-4-12(8-16-7-10)9-20-14-3-2-11(6-15)5-13(14)17(18)19/h2-5,7-8H,9H2,1H3. The van der Waals surface area contributed by atoms with Crippen molar-refractivity contribution < 1.29 is 9.66 Å². The Kier molecular flexibility index (Phi) is 3.91. The molecule has 0 fully saturated rings. The summed E-state index contributed by atoms with van der Waals surface area (Å²) in [6.45, 7) is 2.09. The normalized spacial score (nSPS) is 9.80. The van der Waals surface area contributed by atoms with Gasteiger partial charge in [-0.15, -0.1) is 0 Å². The Bertz CT molecular complexity index is 692. The van der Waals surface area contributed by atoms with Gasteiger partial charge in [-0.2, -0.15) is 5.26 Å². The number of nitrogens with zero attached hydrogens (tertiary/aromatic N) is 3. The number of benzene rings is 1. The first-order valence-corrected chi connectivity index (χ1v) is 5.82. The highest BCUT2D eigenvalue weighted by Crippen LogP contribution is 2.28. The maximum atomic E-state index is 11.0. The van der Waals surface area contributed by atoms with Crippen LogP contribution in [0, 0.1) is 28.4 Å². The van der Waals surface area contributed by atoms with Crippen molar-refractivity contribution in [3.8, 4) is 11.8 Å². The van der Waals surface area contributed by atoms with Gasteiger partial charge in [-0.1, -0.05) is 0 Å². The molecular weight excluding hydrogens is 258 g/mol. The van der Waals surface area contributed by atoms with Crippen molar-refractivity contribution in [1.29, 1.82) is 5.26 Å². The van der Waals surface area contributed by atoms with Crippen LogP contribution in [0.1, 0.15) is 16.7 Å². The average molecular weight is 269 g/mol. The molecule has 0 saturated heterocycles. The van der Waals surface area contributed by atoms with Gasteiger partial charge in [-0.3, -0.25) is 15.1 Å². The molecule has 0 bridgehead atoms. The van der Waals surface area contributed by atoms with E-state index in [4.69, 9.17) is 10.00 Å². The topological polar surface area (TPSA) is 89.0 Å². The van der Waals surface area contributed by atoms with Crippen molar-refractivity contribution in [2.75, 3.05) is 0 Å². The maximum absolute atomic E-state index is 11.0. The Morgan fingerprint density at radius 2 is 2.20 bits per heavy atom. The first kappa shape index (κ1) is 13.5. The predicted molar refractivity (Wildman–Crippen MR) is 71.1 cm³/mol. The second-order valence-electron chi connectivity index (χ2n) is 4.21. The van der Waals surface area contributed by atoms with Gasteiger partial charge in [0.2, 0.25) is 0 Å². The van der Waals surface area contributed by atoms with Crippen molar-refractivity contribution in [1.82, 2.24) is 4.98 Å². The molecule has 0 amide bonds. The summed E-state index contributed by atoms with van der Waals surface area (Å²) in [5.74, 6) is 0.135. The van der Waals surface area contributed by atoms with E-state index in [-0.39, 0.29) is 23.6 Å². The first-order valence-electron chi connectivity index (χ1n) is 5.82. The minimum Gasteiger partial charge on any atom is -0.482 e. The molecule has 2 rings (SSSR count). The summed E-state index contributed by atoms with van der Waals surface area (Å²) in [6, 6.07) is 7.86. The van der Waals surface area contributed by atoms with Crippen LogP contribution >= 0.6 is 0 Å². The van der Waals surface area contributed by atoms with E-state index in [0.717, 1.165) is 11.1 Å². The second kappa shape index (κ2) is 5.80. The summed E-state index contributed by atoms with van der Waals surface area (Å²) in [5.41, 5.74) is 1.81. The highest BCUT2D eigenvalue weighted by molar-refractivity contribution is 5.51. The Balaban J connectivity index is 2.21. The number of nitro groups is 1. The molecule has 100 valence electrons. The number of hydrogen-bond acceptors (Lipinski definition) is 5. The van der Waals surface area contributed by atoms with E-state index in [0.29, 0.717) is 0 Å². The molecule has 2 aromatic rings. The molecule has 0 spiro atoms. The van der Waals surface area contributed by atoms with Crippen LogP contribution in [0.25, 0.3) is 0 Å². The number of pyridine rings is 1. The first-order chi connectivity index (χ1) is 9.60. The molecule has 0 aliphatic rings. The maximum Gasteiger partial charge on any atom is 0.312 e. The average Bonchev–Trinajstić information content (AvgIpc) is 2.45. The molecule has 0 N–H and O–H groups in total. The summed E-state index contributed by atoms with van der Waals surface area (Å²) in [4.78, 5) is 14.4. The molecule has 6 heteroatoms. The third kappa shape index (κ3) is 3.09. The number of hydrogen-bond donors (Lipinski definition) is 0. The monoisotopic (exact) mass is 269 g/mol. The van der Waals surface area contributed by atoms with Crippen LogP contribution in [0.5, 0.6) is 5.75 Å². The Morgan fingerprint density at radius 1 is 1.40 bits per heavy atom.